The number of hydrogen-bond acceptors (Lipinski definition) is 3. The van der Waals surface area contributed by atoms with Crippen molar-refractivity contribution in [2.75, 3.05) is 26.2 Å². The summed E-state index contributed by atoms with van der Waals surface area (Å²) in [5.74, 6) is 0.171. The number of ether oxygens (including phenoxy) is 1. The summed E-state index contributed by atoms with van der Waals surface area (Å²) in [4.78, 5) is 14.9. The van der Waals surface area contributed by atoms with Crippen LogP contribution in [0.5, 0.6) is 0 Å². The number of nitrogens with zero attached hydrogens (tertiary/aromatic N) is 1. The number of halogens is 1. The van der Waals surface area contributed by atoms with Gasteiger partial charge in [-0.3, -0.25) is 4.79 Å². The standard InChI is InChI=1S/C21H29ClN2O2/c22-19-8-6-18(7-9-19)16-24(12-10-17-4-2-1-3-5-17)21(25)14-20-15-23-11-13-26-20/h4,6-9,20,23H,1-3,5,10-16H2/t20-/m1/s1. The first-order valence-corrected chi connectivity index (χ1v) is 10.1. The van der Waals surface area contributed by atoms with Gasteiger partial charge in [-0.2, -0.15) is 0 Å². The van der Waals surface area contributed by atoms with E-state index in [1.807, 2.05) is 29.2 Å². The Kier molecular flexibility index (Phi) is 7.54. The van der Waals surface area contributed by atoms with Crippen LogP contribution in [0.25, 0.3) is 0 Å². The van der Waals surface area contributed by atoms with Gasteiger partial charge >= 0.3 is 0 Å². The maximum absolute atomic E-state index is 12.9. The van der Waals surface area contributed by atoms with E-state index in [9.17, 15) is 4.79 Å². The highest BCUT2D eigenvalue weighted by atomic mass is 35.5. The van der Waals surface area contributed by atoms with Crippen LogP contribution in [0.15, 0.2) is 35.9 Å². The number of nitrogens with one attached hydrogen (secondary N) is 1. The van der Waals surface area contributed by atoms with E-state index in [-0.39, 0.29) is 12.0 Å². The molecule has 1 aromatic carbocycles. The molecule has 1 heterocycles. The number of hydrogen-bond donors (Lipinski definition) is 1. The molecule has 0 bridgehead atoms. The smallest absolute Gasteiger partial charge is 0.225 e. The number of benzene rings is 1. The van der Waals surface area contributed by atoms with E-state index in [1.54, 1.807) is 0 Å². The Hall–Kier alpha value is -1.36. The van der Waals surface area contributed by atoms with Crippen molar-refractivity contribution in [1.29, 1.82) is 0 Å². The first kappa shape index (κ1) is 19.4. The summed E-state index contributed by atoms with van der Waals surface area (Å²) >= 11 is 5.99. The van der Waals surface area contributed by atoms with Crippen molar-refractivity contribution in [3.8, 4) is 0 Å². The molecule has 0 radical (unpaired) electrons. The Labute approximate surface area is 161 Å². The van der Waals surface area contributed by atoms with Crippen molar-refractivity contribution in [2.24, 2.45) is 0 Å². The number of carbonyl (C=O) groups is 1. The van der Waals surface area contributed by atoms with E-state index in [0.29, 0.717) is 19.6 Å². The van der Waals surface area contributed by atoms with E-state index in [2.05, 4.69) is 11.4 Å². The molecule has 0 unspecified atom stereocenters. The Balaban J connectivity index is 1.61. The topological polar surface area (TPSA) is 41.6 Å². The number of carbonyl (C=O) groups excluding carboxylic acids is 1. The van der Waals surface area contributed by atoms with E-state index in [1.165, 1.54) is 31.3 Å². The lowest BCUT2D eigenvalue weighted by atomic mass is 9.97. The summed E-state index contributed by atoms with van der Waals surface area (Å²) in [6.45, 7) is 3.71. The minimum Gasteiger partial charge on any atom is -0.375 e. The van der Waals surface area contributed by atoms with Gasteiger partial charge in [-0.05, 0) is 49.8 Å². The summed E-state index contributed by atoms with van der Waals surface area (Å²) in [6, 6.07) is 7.77. The molecule has 0 aromatic heterocycles. The lowest BCUT2D eigenvalue weighted by Crippen LogP contribution is -2.42. The maximum Gasteiger partial charge on any atom is 0.225 e. The highest BCUT2D eigenvalue weighted by Crippen LogP contribution is 2.21. The molecule has 1 saturated heterocycles. The van der Waals surface area contributed by atoms with Crippen LogP contribution in [0.1, 0.15) is 44.1 Å². The first-order chi connectivity index (χ1) is 12.7. The molecule has 26 heavy (non-hydrogen) atoms. The number of allylic oxidation sites excluding steroid dienone is 1. The maximum atomic E-state index is 12.9. The van der Waals surface area contributed by atoms with Gasteiger partial charge in [-0.1, -0.05) is 35.4 Å². The molecule has 1 aliphatic carbocycles. The Morgan fingerprint density at radius 2 is 2.12 bits per heavy atom. The predicted molar refractivity (Wildman–Crippen MR) is 105 cm³/mol. The average Bonchev–Trinajstić information content (AvgIpc) is 2.68. The Morgan fingerprint density at radius 3 is 2.81 bits per heavy atom. The molecule has 1 amide bonds. The number of morpholine rings is 1. The van der Waals surface area contributed by atoms with E-state index in [4.69, 9.17) is 16.3 Å². The summed E-state index contributed by atoms with van der Waals surface area (Å²) in [5, 5.41) is 4.02. The average molecular weight is 377 g/mol. The second-order valence-corrected chi connectivity index (χ2v) is 7.64. The van der Waals surface area contributed by atoms with Crippen molar-refractivity contribution < 1.29 is 9.53 Å². The van der Waals surface area contributed by atoms with Crippen LogP contribution >= 0.6 is 11.6 Å². The van der Waals surface area contributed by atoms with Crippen LogP contribution in [-0.2, 0) is 16.1 Å². The SMILES string of the molecule is O=C(C[C@@H]1CNCCO1)N(CCC1=CCCCC1)Cc1ccc(Cl)cc1. The molecule has 142 valence electrons. The molecule has 0 saturated carbocycles. The Bertz CT molecular complexity index is 609. The number of amides is 1. The van der Waals surface area contributed by atoms with Gasteiger partial charge in [-0.25, -0.2) is 0 Å². The van der Waals surface area contributed by atoms with Crippen molar-refractivity contribution in [3.05, 3.63) is 46.5 Å². The largest absolute Gasteiger partial charge is 0.375 e. The molecule has 1 aromatic rings. The van der Waals surface area contributed by atoms with Crippen LogP contribution in [-0.4, -0.2) is 43.2 Å². The minimum absolute atomic E-state index is 0.0159. The third kappa shape index (κ3) is 6.11. The fourth-order valence-corrected chi connectivity index (χ4v) is 3.71. The highest BCUT2D eigenvalue weighted by Gasteiger charge is 2.22. The van der Waals surface area contributed by atoms with Crippen molar-refractivity contribution >= 4 is 17.5 Å². The summed E-state index contributed by atoms with van der Waals surface area (Å²) in [5.41, 5.74) is 2.61. The third-order valence-corrected chi connectivity index (χ3v) is 5.39. The predicted octanol–water partition coefficient (Wildman–Crippen LogP) is 3.94. The van der Waals surface area contributed by atoms with Crippen molar-refractivity contribution in [2.45, 2.75) is 51.2 Å². The van der Waals surface area contributed by atoms with Gasteiger partial charge in [0.2, 0.25) is 5.91 Å². The van der Waals surface area contributed by atoms with Crippen LogP contribution in [0.2, 0.25) is 5.02 Å². The zero-order valence-corrected chi connectivity index (χ0v) is 16.1. The molecule has 5 heteroatoms. The van der Waals surface area contributed by atoms with Crippen LogP contribution in [0.4, 0.5) is 0 Å². The number of rotatable bonds is 7. The van der Waals surface area contributed by atoms with Crippen LogP contribution < -0.4 is 5.32 Å². The van der Waals surface area contributed by atoms with Crippen molar-refractivity contribution in [1.82, 2.24) is 10.2 Å². The van der Waals surface area contributed by atoms with Gasteiger partial charge < -0.3 is 15.0 Å². The fourth-order valence-electron chi connectivity index (χ4n) is 3.59. The molecular weight excluding hydrogens is 348 g/mol. The molecule has 1 aliphatic heterocycles. The molecule has 4 nitrogen and oxygen atoms in total. The highest BCUT2D eigenvalue weighted by molar-refractivity contribution is 6.30. The van der Waals surface area contributed by atoms with E-state index >= 15 is 0 Å². The molecular formula is C21H29ClN2O2. The van der Waals surface area contributed by atoms with Gasteiger partial charge in [0.25, 0.3) is 0 Å². The minimum atomic E-state index is -0.0159. The van der Waals surface area contributed by atoms with Gasteiger partial charge in [-0.15, -0.1) is 0 Å². The lowest BCUT2D eigenvalue weighted by molar-refractivity contribution is -0.135. The van der Waals surface area contributed by atoms with Crippen LogP contribution in [0, 0.1) is 0 Å². The van der Waals surface area contributed by atoms with E-state index in [0.717, 1.165) is 36.6 Å². The second-order valence-electron chi connectivity index (χ2n) is 7.20. The lowest BCUT2D eigenvalue weighted by Gasteiger charge is -2.28. The van der Waals surface area contributed by atoms with Gasteiger partial charge in [0.15, 0.2) is 0 Å². The zero-order valence-electron chi connectivity index (χ0n) is 15.4. The first-order valence-electron chi connectivity index (χ1n) is 9.73. The summed E-state index contributed by atoms with van der Waals surface area (Å²) in [6.07, 6.45) is 8.70. The van der Waals surface area contributed by atoms with Crippen molar-refractivity contribution in [3.63, 3.8) is 0 Å². The summed E-state index contributed by atoms with van der Waals surface area (Å²) in [7, 11) is 0. The molecule has 3 rings (SSSR count). The molecule has 2 aliphatic rings. The van der Waals surface area contributed by atoms with Gasteiger partial charge in [0.05, 0.1) is 19.1 Å². The monoisotopic (exact) mass is 376 g/mol. The Morgan fingerprint density at radius 1 is 1.27 bits per heavy atom. The summed E-state index contributed by atoms with van der Waals surface area (Å²) < 4.78 is 5.72. The quantitative estimate of drug-likeness (QED) is 0.733. The second kappa shape index (κ2) is 10.1. The molecule has 0 spiro atoms. The molecule has 1 atom stereocenters. The van der Waals surface area contributed by atoms with Gasteiger partial charge in [0.1, 0.15) is 0 Å². The fraction of sp³-hybridized carbons (Fsp3) is 0.571. The molecule has 1 N–H and O–H groups in total. The normalized spacial score (nSPS) is 20.5. The zero-order chi connectivity index (χ0) is 18.2. The third-order valence-electron chi connectivity index (χ3n) is 5.13. The molecule has 1 fully saturated rings. The van der Waals surface area contributed by atoms with Crippen LogP contribution in [0.3, 0.4) is 0 Å². The van der Waals surface area contributed by atoms with E-state index < -0.39 is 0 Å². The van der Waals surface area contributed by atoms with Gasteiger partial charge in [0, 0.05) is 31.2 Å².